The van der Waals surface area contributed by atoms with Crippen molar-refractivity contribution in [3.05, 3.63) is 0 Å². The zero-order chi connectivity index (χ0) is 15.8. The summed E-state index contributed by atoms with van der Waals surface area (Å²) in [4.78, 5) is 2.51. The Hall–Kier alpha value is 0.0569. The van der Waals surface area contributed by atoms with Crippen LogP contribution in [0, 0.1) is 5.41 Å². The van der Waals surface area contributed by atoms with Crippen LogP contribution in [-0.4, -0.2) is 56.6 Å². The number of hydrogen-bond donors (Lipinski definition) is 1. The van der Waals surface area contributed by atoms with E-state index >= 15 is 0 Å². The van der Waals surface area contributed by atoms with Crippen molar-refractivity contribution < 1.29 is 14.0 Å². The number of likely N-dealkylation sites (tertiary alicyclic amines) is 1. The Balaban J connectivity index is 3.18. The Kier molecular flexibility index (Phi) is 5.47. The van der Waals surface area contributed by atoms with Gasteiger partial charge >= 0.3 is 8.56 Å². The maximum absolute atomic E-state index is 9.99. The summed E-state index contributed by atoms with van der Waals surface area (Å²) in [6.45, 7) is 14.2. The molecule has 0 aromatic heterocycles. The average molecular weight is 304 g/mol. The summed E-state index contributed by atoms with van der Waals surface area (Å²) >= 11 is 0. The highest BCUT2D eigenvalue weighted by atomic mass is 28.4. The van der Waals surface area contributed by atoms with Crippen molar-refractivity contribution in [2.75, 3.05) is 20.8 Å². The Morgan fingerprint density at radius 1 is 1.25 bits per heavy atom. The minimum Gasteiger partial charge on any atom is -0.397 e. The quantitative estimate of drug-likeness (QED) is 0.811. The molecule has 1 saturated heterocycles. The monoisotopic (exact) mass is 303 g/mol. The third-order valence-electron chi connectivity index (χ3n) is 4.66. The molecule has 1 N–H and O–H groups in total. The first-order valence-corrected chi connectivity index (χ1v) is 9.92. The van der Waals surface area contributed by atoms with Crippen molar-refractivity contribution in [1.82, 2.24) is 4.90 Å². The lowest BCUT2D eigenvalue weighted by atomic mass is 9.85. The van der Waals surface area contributed by atoms with Crippen LogP contribution in [0.3, 0.4) is 0 Å². The van der Waals surface area contributed by atoms with E-state index in [4.69, 9.17) is 8.85 Å². The van der Waals surface area contributed by atoms with Gasteiger partial charge in [0.1, 0.15) is 0 Å². The molecule has 2 atom stereocenters. The first kappa shape index (κ1) is 18.1. The van der Waals surface area contributed by atoms with Gasteiger partial charge in [0.2, 0.25) is 0 Å². The van der Waals surface area contributed by atoms with Gasteiger partial charge in [0.15, 0.2) is 0 Å². The molecule has 1 aliphatic heterocycles. The van der Waals surface area contributed by atoms with Gasteiger partial charge in [-0.05, 0) is 38.7 Å². The Labute approximate surface area is 125 Å². The number of hydrogen-bond acceptors (Lipinski definition) is 4. The summed E-state index contributed by atoms with van der Waals surface area (Å²) in [5.74, 6) is 0. The van der Waals surface area contributed by atoms with Gasteiger partial charge in [-0.25, -0.2) is 0 Å². The highest BCUT2D eigenvalue weighted by molar-refractivity contribution is 6.67. The summed E-state index contributed by atoms with van der Waals surface area (Å²) in [6.07, 6.45) is 1.44. The molecule has 5 heteroatoms. The average Bonchev–Trinajstić information content (AvgIpc) is 2.29. The van der Waals surface area contributed by atoms with Gasteiger partial charge in [0.25, 0.3) is 0 Å². The minimum absolute atomic E-state index is 0.0407. The first-order chi connectivity index (χ1) is 8.98. The van der Waals surface area contributed by atoms with E-state index < -0.39 is 8.56 Å². The number of piperidine rings is 1. The second-order valence-corrected chi connectivity index (χ2v) is 11.2. The lowest BCUT2D eigenvalue weighted by Crippen LogP contribution is -2.69. The number of rotatable bonds is 4. The molecule has 1 fully saturated rings. The van der Waals surface area contributed by atoms with Gasteiger partial charge in [0, 0.05) is 26.3 Å². The van der Waals surface area contributed by atoms with Crippen molar-refractivity contribution in [2.45, 2.75) is 71.3 Å². The van der Waals surface area contributed by atoms with E-state index in [1.54, 1.807) is 14.2 Å². The lowest BCUT2D eigenvalue weighted by Gasteiger charge is -2.55. The molecule has 1 rings (SSSR count). The highest BCUT2D eigenvalue weighted by Gasteiger charge is 2.53. The third kappa shape index (κ3) is 3.63. The van der Waals surface area contributed by atoms with E-state index in [1.165, 1.54) is 0 Å². The van der Waals surface area contributed by atoms with E-state index in [1.807, 2.05) is 0 Å². The number of aliphatic hydroxyl groups excluding tert-OH is 1. The van der Waals surface area contributed by atoms with Crippen molar-refractivity contribution in [3.8, 4) is 0 Å². The van der Waals surface area contributed by atoms with Crippen LogP contribution in [0.1, 0.15) is 47.5 Å². The zero-order valence-electron chi connectivity index (χ0n) is 14.5. The van der Waals surface area contributed by atoms with Crippen LogP contribution in [-0.2, 0) is 8.85 Å². The van der Waals surface area contributed by atoms with Crippen LogP contribution in [0.15, 0.2) is 0 Å². The Morgan fingerprint density at radius 2 is 1.75 bits per heavy atom. The molecule has 20 heavy (non-hydrogen) atoms. The second kappa shape index (κ2) is 6.05. The van der Waals surface area contributed by atoms with Crippen LogP contribution >= 0.6 is 0 Å². The van der Waals surface area contributed by atoms with Gasteiger partial charge in [-0.3, -0.25) is 4.90 Å². The van der Waals surface area contributed by atoms with Crippen LogP contribution in [0.4, 0.5) is 0 Å². The van der Waals surface area contributed by atoms with E-state index in [9.17, 15) is 5.11 Å². The molecule has 2 unspecified atom stereocenters. The maximum atomic E-state index is 9.99. The van der Waals surface area contributed by atoms with Crippen LogP contribution < -0.4 is 0 Å². The van der Waals surface area contributed by atoms with Gasteiger partial charge in [-0.15, -0.1) is 0 Å². The van der Waals surface area contributed by atoms with Crippen molar-refractivity contribution in [3.63, 3.8) is 0 Å². The molecular weight excluding hydrogens is 270 g/mol. The van der Waals surface area contributed by atoms with E-state index in [-0.39, 0.29) is 22.7 Å². The van der Waals surface area contributed by atoms with Crippen molar-refractivity contribution >= 4 is 8.56 Å². The topological polar surface area (TPSA) is 41.9 Å². The standard InChI is InChI=1S/C15H33NO3Si/c1-14(2,3)13(20(8,18-6)19-7)16-10-9-12(17)11-15(16,4)5/h12-13,17H,9-11H2,1-8H3. The molecular formula is C15H33NO3Si. The largest absolute Gasteiger partial charge is 0.397 e. The molecule has 0 bridgehead atoms. The second-order valence-electron chi connectivity index (χ2n) is 7.85. The predicted molar refractivity (Wildman–Crippen MR) is 84.9 cm³/mol. The molecule has 0 aliphatic carbocycles. The van der Waals surface area contributed by atoms with Gasteiger partial charge in [0.05, 0.1) is 11.8 Å². The molecule has 0 amide bonds. The fourth-order valence-electron chi connectivity index (χ4n) is 3.71. The summed E-state index contributed by atoms with van der Waals surface area (Å²) < 4.78 is 11.7. The summed E-state index contributed by atoms with van der Waals surface area (Å²) in [5.41, 5.74) is 0.264. The van der Waals surface area contributed by atoms with Crippen LogP contribution in [0.5, 0.6) is 0 Å². The van der Waals surface area contributed by atoms with Gasteiger partial charge in [-0.1, -0.05) is 20.8 Å². The molecule has 1 heterocycles. The fraction of sp³-hybridized carbons (Fsp3) is 1.00. The number of aliphatic hydroxyl groups is 1. The zero-order valence-corrected chi connectivity index (χ0v) is 15.5. The fourth-order valence-corrected chi connectivity index (χ4v) is 6.94. The third-order valence-corrected chi connectivity index (χ3v) is 8.45. The van der Waals surface area contributed by atoms with E-state index in [2.05, 4.69) is 46.1 Å². The molecule has 4 nitrogen and oxygen atoms in total. The molecule has 0 radical (unpaired) electrons. The number of nitrogens with zero attached hydrogens (tertiary/aromatic N) is 1. The molecule has 0 aromatic rings. The maximum Gasteiger partial charge on any atom is 0.352 e. The molecule has 120 valence electrons. The summed E-state index contributed by atoms with van der Waals surface area (Å²) in [6, 6.07) is 0. The smallest absolute Gasteiger partial charge is 0.352 e. The predicted octanol–water partition coefficient (Wildman–Crippen LogP) is 2.54. The summed E-state index contributed by atoms with van der Waals surface area (Å²) in [7, 11) is 1.21. The lowest BCUT2D eigenvalue weighted by molar-refractivity contribution is -0.0453. The molecule has 0 saturated carbocycles. The molecule has 0 aromatic carbocycles. The normalized spacial score (nSPS) is 26.6. The van der Waals surface area contributed by atoms with E-state index in [0.29, 0.717) is 0 Å². The Bertz CT molecular complexity index is 324. The SMILES string of the molecule is CO[Si](C)(OC)C(N1CCC(O)CC1(C)C)C(C)(C)C. The van der Waals surface area contributed by atoms with Crippen molar-refractivity contribution in [2.24, 2.45) is 5.41 Å². The molecule has 1 aliphatic rings. The highest BCUT2D eigenvalue weighted by Crippen LogP contribution is 2.40. The first-order valence-electron chi connectivity index (χ1n) is 7.53. The minimum atomic E-state index is -2.32. The van der Waals surface area contributed by atoms with Crippen LogP contribution in [0.25, 0.3) is 0 Å². The summed E-state index contributed by atoms with van der Waals surface area (Å²) in [5, 5.41) is 9.99. The van der Waals surface area contributed by atoms with Crippen LogP contribution in [0.2, 0.25) is 6.55 Å². The van der Waals surface area contributed by atoms with Crippen molar-refractivity contribution in [1.29, 1.82) is 0 Å². The van der Waals surface area contributed by atoms with Gasteiger partial charge < -0.3 is 14.0 Å². The van der Waals surface area contributed by atoms with Gasteiger partial charge in [-0.2, -0.15) is 0 Å². The Morgan fingerprint density at radius 3 is 2.10 bits per heavy atom. The molecule has 0 spiro atoms. The van der Waals surface area contributed by atoms with E-state index in [0.717, 1.165) is 19.4 Å².